The second kappa shape index (κ2) is 10.8. The summed E-state index contributed by atoms with van der Waals surface area (Å²) in [6.45, 7) is 0. The first-order valence-corrected chi connectivity index (χ1v) is 15.7. The maximum absolute atomic E-state index is 6.65. The van der Waals surface area contributed by atoms with Crippen LogP contribution in [0, 0.1) is 0 Å². The second-order valence-electron chi connectivity index (χ2n) is 11.7. The van der Waals surface area contributed by atoms with Crippen molar-refractivity contribution in [3.63, 3.8) is 0 Å². The second-order valence-corrected chi connectivity index (χ2v) is 11.7. The Labute approximate surface area is 267 Å². The zero-order valence-corrected chi connectivity index (χ0v) is 25.1. The number of hydrogen-bond donors (Lipinski definition) is 0. The molecule has 0 N–H and O–H groups in total. The van der Waals surface area contributed by atoms with Crippen LogP contribution in [0.2, 0.25) is 0 Å². The molecule has 0 atom stereocenters. The summed E-state index contributed by atoms with van der Waals surface area (Å²) in [5.41, 5.74) is 9.81. The SMILES string of the molecule is c1ccc(-c2ccc(N(c3ccccc3-c3cccc4ccccc34)c3cccc4oc5c6ccccc6ccc5c34)cc2)cc1. The molecule has 0 saturated carbocycles. The Hall–Kier alpha value is -6.12. The van der Waals surface area contributed by atoms with Gasteiger partial charge < -0.3 is 9.32 Å². The van der Waals surface area contributed by atoms with Gasteiger partial charge in [0.1, 0.15) is 11.2 Å². The van der Waals surface area contributed by atoms with E-state index in [0.29, 0.717) is 0 Å². The molecule has 0 amide bonds. The number of hydrogen-bond acceptors (Lipinski definition) is 2. The molecule has 0 aliphatic heterocycles. The van der Waals surface area contributed by atoms with Gasteiger partial charge in [-0.3, -0.25) is 0 Å². The molecule has 216 valence electrons. The topological polar surface area (TPSA) is 16.4 Å². The molecule has 0 radical (unpaired) electrons. The number of benzene rings is 8. The van der Waals surface area contributed by atoms with Gasteiger partial charge in [-0.2, -0.15) is 0 Å². The lowest BCUT2D eigenvalue weighted by molar-refractivity contribution is 0.672. The van der Waals surface area contributed by atoms with Crippen LogP contribution in [-0.2, 0) is 0 Å². The van der Waals surface area contributed by atoms with Crippen molar-refractivity contribution in [2.75, 3.05) is 4.90 Å². The van der Waals surface area contributed by atoms with E-state index in [0.717, 1.165) is 44.4 Å². The van der Waals surface area contributed by atoms with Gasteiger partial charge in [-0.1, -0.05) is 140 Å². The highest BCUT2D eigenvalue weighted by atomic mass is 16.3. The van der Waals surface area contributed by atoms with Crippen LogP contribution in [0.1, 0.15) is 0 Å². The third kappa shape index (κ3) is 4.27. The monoisotopic (exact) mass is 587 g/mol. The van der Waals surface area contributed by atoms with Gasteiger partial charge in [0.05, 0.1) is 16.8 Å². The van der Waals surface area contributed by atoms with E-state index in [2.05, 4.69) is 181 Å². The normalized spacial score (nSPS) is 11.5. The molecule has 0 unspecified atom stereocenters. The van der Waals surface area contributed by atoms with Crippen molar-refractivity contribution in [3.05, 3.63) is 176 Å². The Morgan fingerprint density at radius 2 is 0.978 bits per heavy atom. The van der Waals surface area contributed by atoms with E-state index in [-0.39, 0.29) is 0 Å². The minimum Gasteiger partial charge on any atom is -0.455 e. The molecule has 1 aromatic heterocycles. The van der Waals surface area contributed by atoms with Crippen molar-refractivity contribution in [1.82, 2.24) is 0 Å². The van der Waals surface area contributed by atoms with Crippen LogP contribution < -0.4 is 4.90 Å². The van der Waals surface area contributed by atoms with Gasteiger partial charge in [-0.25, -0.2) is 0 Å². The summed E-state index contributed by atoms with van der Waals surface area (Å²) in [7, 11) is 0. The highest BCUT2D eigenvalue weighted by molar-refractivity contribution is 6.20. The summed E-state index contributed by atoms with van der Waals surface area (Å²) in [5.74, 6) is 0. The Bertz CT molecular complexity index is 2520. The molecular formula is C44H29NO. The van der Waals surface area contributed by atoms with E-state index >= 15 is 0 Å². The summed E-state index contributed by atoms with van der Waals surface area (Å²) >= 11 is 0. The van der Waals surface area contributed by atoms with Gasteiger partial charge in [0.25, 0.3) is 0 Å². The third-order valence-corrected chi connectivity index (χ3v) is 9.06. The molecule has 9 aromatic rings. The molecule has 0 spiro atoms. The number of furan rings is 1. The smallest absolute Gasteiger partial charge is 0.143 e. The number of nitrogens with zero attached hydrogens (tertiary/aromatic N) is 1. The van der Waals surface area contributed by atoms with Gasteiger partial charge in [0.15, 0.2) is 0 Å². The largest absolute Gasteiger partial charge is 0.455 e. The van der Waals surface area contributed by atoms with Crippen LogP contribution in [0.5, 0.6) is 0 Å². The Balaban J connectivity index is 1.33. The van der Waals surface area contributed by atoms with Crippen LogP contribution in [-0.4, -0.2) is 0 Å². The Morgan fingerprint density at radius 1 is 0.370 bits per heavy atom. The average molecular weight is 588 g/mol. The summed E-state index contributed by atoms with van der Waals surface area (Å²) < 4.78 is 6.65. The fourth-order valence-electron chi connectivity index (χ4n) is 6.92. The minimum atomic E-state index is 0.873. The van der Waals surface area contributed by atoms with Gasteiger partial charge in [0, 0.05) is 22.0 Å². The summed E-state index contributed by atoms with van der Waals surface area (Å²) in [5, 5.41) is 6.96. The molecule has 2 heteroatoms. The highest BCUT2D eigenvalue weighted by Crippen LogP contribution is 2.47. The van der Waals surface area contributed by atoms with E-state index in [4.69, 9.17) is 4.42 Å². The standard InChI is InChI=1S/C44H29NO/c1-2-12-30(13-3-1)31-24-27-34(28-25-31)45(40-21-9-8-19-38(40)37-20-10-16-32-14-4-6-17-35(32)37)41-22-11-23-42-43(41)39-29-26-33-15-5-7-18-36(33)44(39)46-42/h1-29H. The maximum Gasteiger partial charge on any atom is 0.143 e. The molecule has 46 heavy (non-hydrogen) atoms. The van der Waals surface area contributed by atoms with Crippen LogP contribution in [0.25, 0.3) is 65.7 Å². The van der Waals surface area contributed by atoms with Crippen LogP contribution in [0.4, 0.5) is 17.1 Å². The van der Waals surface area contributed by atoms with E-state index in [1.807, 2.05) is 0 Å². The minimum absolute atomic E-state index is 0.873. The molecule has 0 fully saturated rings. The van der Waals surface area contributed by atoms with Gasteiger partial charge in [-0.05, 0) is 69.2 Å². The maximum atomic E-state index is 6.65. The van der Waals surface area contributed by atoms with E-state index in [9.17, 15) is 0 Å². The number of rotatable bonds is 5. The first-order valence-electron chi connectivity index (χ1n) is 15.7. The number of anilines is 3. The summed E-state index contributed by atoms with van der Waals surface area (Å²) in [6.07, 6.45) is 0. The lowest BCUT2D eigenvalue weighted by Crippen LogP contribution is -2.11. The molecule has 2 nitrogen and oxygen atoms in total. The first-order chi connectivity index (χ1) is 22.8. The molecule has 8 aromatic carbocycles. The van der Waals surface area contributed by atoms with Crippen LogP contribution >= 0.6 is 0 Å². The first kappa shape index (κ1) is 26.3. The average Bonchev–Trinajstić information content (AvgIpc) is 3.53. The zero-order chi connectivity index (χ0) is 30.5. The zero-order valence-electron chi connectivity index (χ0n) is 25.1. The van der Waals surface area contributed by atoms with Crippen molar-refractivity contribution in [3.8, 4) is 22.3 Å². The molecule has 0 aliphatic carbocycles. The van der Waals surface area contributed by atoms with Crippen LogP contribution in [0.3, 0.4) is 0 Å². The lowest BCUT2D eigenvalue weighted by Gasteiger charge is -2.29. The predicted molar refractivity (Wildman–Crippen MR) is 194 cm³/mol. The number of para-hydroxylation sites is 1. The Morgan fingerprint density at radius 3 is 1.83 bits per heavy atom. The van der Waals surface area contributed by atoms with Gasteiger partial charge >= 0.3 is 0 Å². The summed E-state index contributed by atoms with van der Waals surface area (Å²) in [4.78, 5) is 2.40. The number of fused-ring (bicyclic) bond motifs is 6. The molecule has 0 aliphatic rings. The van der Waals surface area contributed by atoms with Crippen molar-refractivity contribution in [2.24, 2.45) is 0 Å². The van der Waals surface area contributed by atoms with Gasteiger partial charge in [-0.15, -0.1) is 0 Å². The molecule has 1 heterocycles. The quantitative estimate of drug-likeness (QED) is 0.199. The molecule has 0 bridgehead atoms. The third-order valence-electron chi connectivity index (χ3n) is 9.06. The van der Waals surface area contributed by atoms with E-state index < -0.39 is 0 Å². The van der Waals surface area contributed by atoms with E-state index in [1.165, 1.54) is 38.4 Å². The fourth-order valence-corrected chi connectivity index (χ4v) is 6.92. The van der Waals surface area contributed by atoms with Crippen molar-refractivity contribution in [1.29, 1.82) is 0 Å². The molecule has 9 rings (SSSR count). The van der Waals surface area contributed by atoms with Crippen LogP contribution in [0.15, 0.2) is 180 Å². The van der Waals surface area contributed by atoms with Crippen molar-refractivity contribution >= 4 is 60.5 Å². The fraction of sp³-hybridized carbons (Fsp3) is 0. The molecule has 0 saturated heterocycles. The predicted octanol–water partition coefficient (Wildman–Crippen LogP) is 12.7. The van der Waals surface area contributed by atoms with E-state index in [1.54, 1.807) is 0 Å². The highest BCUT2D eigenvalue weighted by Gasteiger charge is 2.23. The Kier molecular flexibility index (Phi) is 6.17. The van der Waals surface area contributed by atoms with Crippen molar-refractivity contribution in [2.45, 2.75) is 0 Å². The lowest BCUT2D eigenvalue weighted by atomic mass is 9.95. The summed E-state index contributed by atoms with van der Waals surface area (Å²) in [6, 6.07) is 62.7. The molecular weight excluding hydrogens is 558 g/mol. The van der Waals surface area contributed by atoms with Crippen molar-refractivity contribution < 1.29 is 4.42 Å². The van der Waals surface area contributed by atoms with Gasteiger partial charge in [0.2, 0.25) is 0 Å².